The average molecular weight is 481 g/mol. The lowest BCUT2D eigenvalue weighted by molar-refractivity contribution is 0.0944. The van der Waals surface area contributed by atoms with E-state index in [1.165, 1.54) is 5.69 Å². The number of amides is 1. The summed E-state index contributed by atoms with van der Waals surface area (Å²) in [6, 6.07) is 10.7. The zero-order valence-electron chi connectivity index (χ0n) is 20.9. The number of nitrogens with zero attached hydrogens (tertiary/aromatic N) is 3. The zero-order chi connectivity index (χ0) is 24.5. The molecule has 0 atom stereocenters. The van der Waals surface area contributed by atoms with Crippen molar-refractivity contribution in [1.82, 2.24) is 15.3 Å². The van der Waals surface area contributed by atoms with Gasteiger partial charge in [-0.2, -0.15) is 4.98 Å². The monoisotopic (exact) mass is 480 g/mol. The normalized spacial score (nSPS) is 20.9. The van der Waals surface area contributed by atoms with E-state index in [0.717, 1.165) is 71.0 Å². The molecule has 35 heavy (non-hydrogen) atoms. The van der Waals surface area contributed by atoms with Crippen molar-refractivity contribution in [2.45, 2.75) is 70.4 Å². The van der Waals surface area contributed by atoms with Gasteiger partial charge in [-0.1, -0.05) is 31.5 Å². The Hall–Kier alpha value is -2.87. The number of aliphatic hydroxyl groups excluding tert-OH is 1. The minimum atomic E-state index is -0.221. The molecule has 1 aliphatic carbocycles. The van der Waals surface area contributed by atoms with E-state index < -0.39 is 0 Å². The standard InChI is InChI=1S/C27H40N6O2/c1-2-3-15-28-27-30-19-24(25(32-27)31-21-9-11-23(34)12-10-21)26(35)29-18-20-13-16-33(17-14-20)22-7-5-4-6-8-22/h4-8,19-21,23,34H,2-3,9-18H2,1H3,(H,29,35)(H2,28,30,31,32)/t21-,23-. The number of rotatable bonds is 10. The number of anilines is 3. The number of piperidine rings is 1. The molecule has 1 saturated carbocycles. The van der Waals surface area contributed by atoms with Gasteiger partial charge in [0.2, 0.25) is 5.95 Å². The van der Waals surface area contributed by atoms with Gasteiger partial charge in [0, 0.05) is 44.1 Å². The quantitative estimate of drug-likeness (QED) is 0.381. The van der Waals surface area contributed by atoms with Crippen LogP contribution in [0.3, 0.4) is 0 Å². The molecule has 2 aromatic rings. The Morgan fingerprint density at radius 1 is 1.09 bits per heavy atom. The molecule has 2 aliphatic rings. The number of nitrogens with one attached hydrogen (secondary N) is 3. The first kappa shape index (κ1) is 25.2. The van der Waals surface area contributed by atoms with Crippen LogP contribution in [0.4, 0.5) is 17.5 Å². The minimum absolute atomic E-state index is 0.131. The molecule has 0 spiro atoms. The third kappa shape index (κ3) is 7.31. The van der Waals surface area contributed by atoms with Gasteiger partial charge < -0.3 is 26.0 Å². The van der Waals surface area contributed by atoms with Crippen molar-refractivity contribution in [3.63, 3.8) is 0 Å². The zero-order valence-corrected chi connectivity index (χ0v) is 20.9. The predicted molar refractivity (Wildman–Crippen MR) is 141 cm³/mol. The molecule has 1 aromatic heterocycles. The van der Waals surface area contributed by atoms with Crippen LogP contribution in [0.25, 0.3) is 0 Å². The van der Waals surface area contributed by atoms with Gasteiger partial charge in [-0.25, -0.2) is 4.98 Å². The highest BCUT2D eigenvalue weighted by atomic mass is 16.3. The summed E-state index contributed by atoms with van der Waals surface area (Å²) < 4.78 is 0. The van der Waals surface area contributed by atoms with E-state index in [-0.39, 0.29) is 18.1 Å². The van der Waals surface area contributed by atoms with E-state index in [2.05, 4.69) is 62.0 Å². The number of unbranched alkanes of at least 4 members (excludes halogenated alkanes) is 1. The van der Waals surface area contributed by atoms with Crippen LogP contribution in [-0.4, -0.2) is 59.3 Å². The van der Waals surface area contributed by atoms with Crippen LogP contribution in [0, 0.1) is 5.92 Å². The molecule has 4 N–H and O–H groups in total. The molecular formula is C27H40N6O2. The highest BCUT2D eigenvalue weighted by Crippen LogP contribution is 2.25. The second kappa shape index (κ2) is 12.7. The van der Waals surface area contributed by atoms with Crippen molar-refractivity contribution in [3.05, 3.63) is 42.1 Å². The summed E-state index contributed by atoms with van der Waals surface area (Å²) in [7, 11) is 0. The lowest BCUT2D eigenvalue weighted by Crippen LogP contribution is -2.39. The molecule has 0 radical (unpaired) electrons. The molecule has 2 fully saturated rings. The molecule has 1 aliphatic heterocycles. The summed E-state index contributed by atoms with van der Waals surface area (Å²) in [5, 5.41) is 19.7. The number of aromatic nitrogens is 2. The summed E-state index contributed by atoms with van der Waals surface area (Å²) in [6.45, 7) is 5.62. The van der Waals surface area contributed by atoms with Gasteiger partial charge in [-0.15, -0.1) is 0 Å². The first-order chi connectivity index (χ1) is 17.1. The molecule has 1 saturated heterocycles. The molecule has 0 bridgehead atoms. The van der Waals surface area contributed by atoms with Gasteiger partial charge in [0.05, 0.1) is 6.10 Å². The lowest BCUT2D eigenvalue weighted by Gasteiger charge is -2.33. The molecule has 0 unspecified atom stereocenters. The van der Waals surface area contributed by atoms with Crippen molar-refractivity contribution in [2.75, 3.05) is 41.7 Å². The summed E-state index contributed by atoms with van der Waals surface area (Å²) in [4.78, 5) is 24.6. The van der Waals surface area contributed by atoms with Gasteiger partial charge in [-0.3, -0.25) is 4.79 Å². The number of hydrogen-bond acceptors (Lipinski definition) is 7. The molecule has 1 amide bonds. The molecule has 1 aromatic carbocycles. The van der Waals surface area contributed by atoms with Crippen LogP contribution in [-0.2, 0) is 0 Å². The van der Waals surface area contributed by atoms with E-state index in [4.69, 9.17) is 0 Å². The fourth-order valence-corrected chi connectivity index (χ4v) is 4.90. The van der Waals surface area contributed by atoms with E-state index in [0.29, 0.717) is 29.8 Å². The Kier molecular flexibility index (Phi) is 9.17. The van der Waals surface area contributed by atoms with Crippen molar-refractivity contribution < 1.29 is 9.90 Å². The van der Waals surface area contributed by atoms with Crippen LogP contribution in [0.1, 0.15) is 68.6 Å². The summed E-state index contributed by atoms with van der Waals surface area (Å²) in [6.07, 6.45) is 8.93. The summed E-state index contributed by atoms with van der Waals surface area (Å²) in [5.74, 6) is 1.46. The van der Waals surface area contributed by atoms with E-state index in [1.54, 1.807) is 6.20 Å². The molecule has 2 heterocycles. The summed E-state index contributed by atoms with van der Waals surface area (Å²) >= 11 is 0. The van der Waals surface area contributed by atoms with Gasteiger partial charge in [0.25, 0.3) is 5.91 Å². The Labute approximate surface area is 208 Å². The van der Waals surface area contributed by atoms with E-state index >= 15 is 0 Å². The number of para-hydroxylation sites is 1. The third-order valence-corrected chi connectivity index (χ3v) is 7.17. The maximum atomic E-state index is 13.2. The highest BCUT2D eigenvalue weighted by Gasteiger charge is 2.24. The molecule has 4 rings (SSSR count). The average Bonchev–Trinajstić information content (AvgIpc) is 2.90. The van der Waals surface area contributed by atoms with Crippen molar-refractivity contribution in [1.29, 1.82) is 0 Å². The molecule has 190 valence electrons. The van der Waals surface area contributed by atoms with E-state index in [9.17, 15) is 9.90 Å². The van der Waals surface area contributed by atoms with Crippen LogP contribution in [0.15, 0.2) is 36.5 Å². The second-order valence-corrected chi connectivity index (χ2v) is 9.86. The molecular weight excluding hydrogens is 440 g/mol. The number of hydrogen-bond donors (Lipinski definition) is 4. The van der Waals surface area contributed by atoms with E-state index in [1.807, 2.05) is 6.07 Å². The number of benzene rings is 1. The number of carbonyl (C=O) groups is 1. The molecule has 8 heteroatoms. The topological polar surface area (TPSA) is 102 Å². The smallest absolute Gasteiger partial charge is 0.256 e. The third-order valence-electron chi connectivity index (χ3n) is 7.17. The Bertz CT molecular complexity index is 925. The Morgan fingerprint density at radius 2 is 1.83 bits per heavy atom. The van der Waals surface area contributed by atoms with Crippen molar-refractivity contribution in [3.8, 4) is 0 Å². The maximum Gasteiger partial charge on any atom is 0.256 e. The fourth-order valence-electron chi connectivity index (χ4n) is 4.90. The van der Waals surface area contributed by atoms with Gasteiger partial charge in [0.1, 0.15) is 11.4 Å². The van der Waals surface area contributed by atoms with Gasteiger partial charge in [0.15, 0.2) is 0 Å². The van der Waals surface area contributed by atoms with Crippen molar-refractivity contribution in [2.24, 2.45) is 5.92 Å². The van der Waals surface area contributed by atoms with Crippen LogP contribution < -0.4 is 20.9 Å². The maximum absolute atomic E-state index is 13.2. The Balaban J connectivity index is 1.34. The Morgan fingerprint density at radius 3 is 2.54 bits per heavy atom. The number of aliphatic hydroxyl groups is 1. The second-order valence-electron chi connectivity index (χ2n) is 9.86. The summed E-state index contributed by atoms with van der Waals surface area (Å²) in [5.41, 5.74) is 1.75. The predicted octanol–water partition coefficient (Wildman–Crippen LogP) is 4.05. The van der Waals surface area contributed by atoms with Crippen molar-refractivity contribution >= 4 is 23.4 Å². The fraction of sp³-hybridized carbons (Fsp3) is 0.593. The van der Waals surface area contributed by atoms with Crippen LogP contribution in [0.5, 0.6) is 0 Å². The highest BCUT2D eigenvalue weighted by molar-refractivity contribution is 5.98. The first-order valence-electron chi connectivity index (χ1n) is 13.3. The first-order valence-corrected chi connectivity index (χ1v) is 13.3. The van der Waals surface area contributed by atoms with Crippen LogP contribution in [0.2, 0.25) is 0 Å². The molecule has 8 nitrogen and oxygen atoms in total. The van der Waals surface area contributed by atoms with Gasteiger partial charge in [-0.05, 0) is 63.0 Å². The minimum Gasteiger partial charge on any atom is -0.393 e. The largest absolute Gasteiger partial charge is 0.393 e. The number of carbonyl (C=O) groups excluding carboxylic acids is 1. The van der Waals surface area contributed by atoms with Crippen LogP contribution >= 0.6 is 0 Å². The lowest BCUT2D eigenvalue weighted by atomic mass is 9.93. The SMILES string of the molecule is CCCCNc1ncc(C(=O)NCC2CCN(c3ccccc3)CC2)c(N[C@H]2CC[C@H](O)CC2)n1. The van der Waals surface area contributed by atoms with Gasteiger partial charge >= 0.3 is 0 Å².